The number of hydrogen-bond acceptors (Lipinski definition) is 2. The minimum Gasteiger partial charge on any atom is -0.274 e. The van der Waals surface area contributed by atoms with E-state index in [9.17, 15) is 9.18 Å². The van der Waals surface area contributed by atoms with Gasteiger partial charge in [0.2, 0.25) is 0 Å². The zero-order chi connectivity index (χ0) is 13.8. The molecule has 0 heterocycles. The molecule has 0 aromatic heterocycles. The molecule has 0 spiro atoms. The number of benzene rings is 2. The predicted molar refractivity (Wildman–Crippen MR) is 70.9 cm³/mol. The van der Waals surface area contributed by atoms with Gasteiger partial charge in [0.15, 0.2) is 0 Å². The van der Waals surface area contributed by atoms with Crippen molar-refractivity contribution in [2.75, 3.05) is 14.2 Å². The lowest BCUT2D eigenvalue weighted by Gasteiger charge is -2.14. The lowest BCUT2D eigenvalue weighted by atomic mass is 10.0. The summed E-state index contributed by atoms with van der Waals surface area (Å²) in [7, 11) is 2.96. The standard InChI is InChI=1S/C15H14FNO2/c1-17(19-2)15(18)13-7-3-5-11(9-13)12-6-4-8-14(16)10-12/h3-10H,1-2H3. The molecule has 2 aromatic carbocycles. The number of carbonyl (C=O) groups excluding carboxylic acids is 1. The number of carbonyl (C=O) groups is 1. The van der Waals surface area contributed by atoms with E-state index < -0.39 is 0 Å². The maximum Gasteiger partial charge on any atom is 0.277 e. The van der Waals surface area contributed by atoms with E-state index in [1.807, 2.05) is 6.07 Å². The Morgan fingerprint density at radius 2 is 1.74 bits per heavy atom. The molecular weight excluding hydrogens is 245 g/mol. The number of hydroxylamine groups is 2. The summed E-state index contributed by atoms with van der Waals surface area (Å²) in [4.78, 5) is 16.8. The Balaban J connectivity index is 2.37. The molecule has 0 saturated carbocycles. The van der Waals surface area contributed by atoms with E-state index in [0.29, 0.717) is 5.56 Å². The molecule has 98 valence electrons. The Morgan fingerprint density at radius 1 is 1.11 bits per heavy atom. The minimum absolute atomic E-state index is 0.249. The molecule has 2 rings (SSSR count). The second-order valence-corrected chi connectivity index (χ2v) is 4.08. The predicted octanol–water partition coefficient (Wildman–Crippen LogP) is 3.13. The van der Waals surface area contributed by atoms with Crippen LogP contribution in [0.1, 0.15) is 10.4 Å². The number of hydrogen-bond donors (Lipinski definition) is 0. The zero-order valence-electron chi connectivity index (χ0n) is 10.8. The Bertz CT molecular complexity index is 598. The summed E-state index contributed by atoms with van der Waals surface area (Å²) >= 11 is 0. The van der Waals surface area contributed by atoms with Crippen LogP contribution in [0.5, 0.6) is 0 Å². The molecule has 4 heteroatoms. The van der Waals surface area contributed by atoms with E-state index in [4.69, 9.17) is 4.84 Å². The molecule has 1 amide bonds. The van der Waals surface area contributed by atoms with Crippen molar-refractivity contribution < 1.29 is 14.0 Å². The minimum atomic E-state index is -0.303. The summed E-state index contributed by atoms with van der Waals surface area (Å²) in [6, 6.07) is 13.3. The van der Waals surface area contributed by atoms with E-state index in [1.165, 1.54) is 26.3 Å². The molecule has 0 N–H and O–H groups in total. The fourth-order valence-corrected chi connectivity index (χ4v) is 1.76. The normalized spacial score (nSPS) is 10.3. The summed E-state index contributed by atoms with van der Waals surface area (Å²) in [5.74, 6) is -0.552. The first kappa shape index (κ1) is 13.2. The van der Waals surface area contributed by atoms with Gasteiger partial charge in [-0.25, -0.2) is 9.45 Å². The first-order valence-corrected chi connectivity index (χ1v) is 5.80. The Labute approximate surface area is 111 Å². The quantitative estimate of drug-likeness (QED) is 0.792. The molecule has 0 aliphatic rings. The zero-order valence-corrected chi connectivity index (χ0v) is 10.8. The van der Waals surface area contributed by atoms with Crippen molar-refractivity contribution in [3.63, 3.8) is 0 Å². The van der Waals surface area contributed by atoms with Crippen molar-refractivity contribution in [2.45, 2.75) is 0 Å². The van der Waals surface area contributed by atoms with Crippen LogP contribution in [0, 0.1) is 5.82 Å². The third-order valence-electron chi connectivity index (χ3n) is 2.83. The van der Waals surface area contributed by atoms with Gasteiger partial charge in [-0.15, -0.1) is 0 Å². The van der Waals surface area contributed by atoms with Gasteiger partial charge in [-0.05, 0) is 35.4 Å². The largest absolute Gasteiger partial charge is 0.277 e. The topological polar surface area (TPSA) is 29.5 Å². The highest BCUT2D eigenvalue weighted by Crippen LogP contribution is 2.21. The van der Waals surface area contributed by atoms with Gasteiger partial charge in [0.1, 0.15) is 5.82 Å². The molecule has 2 aromatic rings. The van der Waals surface area contributed by atoms with E-state index in [-0.39, 0.29) is 11.7 Å². The molecule has 0 aliphatic heterocycles. The molecule has 19 heavy (non-hydrogen) atoms. The maximum atomic E-state index is 13.2. The Morgan fingerprint density at radius 3 is 2.37 bits per heavy atom. The van der Waals surface area contributed by atoms with Crippen molar-refractivity contribution in [3.05, 3.63) is 59.9 Å². The van der Waals surface area contributed by atoms with Crippen LogP contribution < -0.4 is 0 Å². The lowest BCUT2D eigenvalue weighted by molar-refractivity contribution is -0.0756. The second kappa shape index (κ2) is 5.63. The van der Waals surface area contributed by atoms with E-state index >= 15 is 0 Å². The SMILES string of the molecule is CON(C)C(=O)c1cccc(-c2cccc(F)c2)c1. The second-order valence-electron chi connectivity index (χ2n) is 4.08. The molecule has 0 atom stereocenters. The summed E-state index contributed by atoms with van der Waals surface area (Å²) in [5, 5.41) is 1.14. The number of rotatable bonds is 3. The lowest BCUT2D eigenvalue weighted by Crippen LogP contribution is -2.25. The van der Waals surface area contributed by atoms with Crippen LogP contribution in [-0.2, 0) is 4.84 Å². The molecule has 0 aliphatic carbocycles. The highest BCUT2D eigenvalue weighted by molar-refractivity contribution is 5.94. The molecule has 0 bridgehead atoms. The van der Waals surface area contributed by atoms with Crippen LogP contribution in [0.4, 0.5) is 4.39 Å². The summed E-state index contributed by atoms with van der Waals surface area (Å²) in [5.41, 5.74) is 2.01. The number of halogens is 1. The molecule has 0 radical (unpaired) electrons. The Kier molecular flexibility index (Phi) is 3.92. The van der Waals surface area contributed by atoms with Gasteiger partial charge in [-0.1, -0.05) is 24.3 Å². The monoisotopic (exact) mass is 259 g/mol. The maximum absolute atomic E-state index is 13.2. The summed E-state index contributed by atoms with van der Waals surface area (Å²) < 4.78 is 13.2. The molecule has 0 saturated heterocycles. The average Bonchev–Trinajstić information content (AvgIpc) is 2.46. The van der Waals surface area contributed by atoms with E-state index in [1.54, 1.807) is 30.3 Å². The first-order valence-electron chi connectivity index (χ1n) is 5.80. The average molecular weight is 259 g/mol. The molecular formula is C15H14FNO2. The fraction of sp³-hybridized carbons (Fsp3) is 0.133. The smallest absolute Gasteiger partial charge is 0.274 e. The highest BCUT2D eigenvalue weighted by atomic mass is 19.1. The van der Waals surface area contributed by atoms with Crippen molar-refractivity contribution in [2.24, 2.45) is 0 Å². The van der Waals surface area contributed by atoms with Crippen molar-refractivity contribution in [1.82, 2.24) is 5.06 Å². The third-order valence-corrected chi connectivity index (χ3v) is 2.83. The summed E-state index contributed by atoms with van der Waals surface area (Å²) in [6.07, 6.45) is 0. The van der Waals surface area contributed by atoms with Crippen LogP contribution in [0.15, 0.2) is 48.5 Å². The molecule has 0 fully saturated rings. The van der Waals surface area contributed by atoms with Crippen LogP contribution >= 0.6 is 0 Å². The fourth-order valence-electron chi connectivity index (χ4n) is 1.76. The van der Waals surface area contributed by atoms with Crippen LogP contribution in [0.2, 0.25) is 0 Å². The van der Waals surface area contributed by atoms with Gasteiger partial charge in [0.05, 0.1) is 7.11 Å². The summed E-state index contributed by atoms with van der Waals surface area (Å²) in [6.45, 7) is 0. The van der Waals surface area contributed by atoms with Gasteiger partial charge in [-0.3, -0.25) is 9.63 Å². The number of amides is 1. The first-order chi connectivity index (χ1) is 9.11. The van der Waals surface area contributed by atoms with Crippen molar-refractivity contribution in [3.8, 4) is 11.1 Å². The van der Waals surface area contributed by atoms with Gasteiger partial charge < -0.3 is 0 Å². The van der Waals surface area contributed by atoms with Crippen molar-refractivity contribution in [1.29, 1.82) is 0 Å². The Hall–Kier alpha value is -2.20. The molecule has 3 nitrogen and oxygen atoms in total. The highest BCUT2D eigenvalue weighted by Gasteiger charge is 2.11. The van der Waals surface area contributed by atoms with Crippen LogP contribution in [-0.4, -0.2) is 25.1 Å². The van der Waals surface area contributed by atoms with Crippen LogP contribution in [0.3, 0.4) is 0 Å². The van der Waals surface area contributed by atoms with E-state index in [0.717, 1.165) is 16.2 Å². The third kappa shape index (κ3) is 2.98. The van der Waals surface area contributed by atoms with Gasteiger partial charge >= 0.3 is 0 Å². The van der Waals surface area contributed by atoms with Crippen molar-refractivity contribution >= 4 is 5.91 Å². The van der Waals surface area contributed by atoms with Gasteiger partial charge in [-0.2, -0.15) is 0 Å². The molecule has 0 unspecified atom stereocenters. The number of nitrogens with zero attached hydrogens (tertiary/aromatic N) is 1. The van der Waals surface area contributed by atoms with E-state index in [2.05, 4.69) is 0 Å². The van der Waals surface area contributed by atoms with Crippen LogP contribution in [0.25, 0.3) is 11.1 Å². The van der Waals surface area contributed by atoms with Gasteiger partial charge in [0, 0.05) is 12.6 Å². The van der Waals surface area contributed by atoms with Gasteiger partial charge in [0.25, 0.3) is 5.91 Å².